The molecule has 1 fully saturated rings. The minimum Gasteiger partial charge on any atom is -0.484 e. The van der Waals surface area contributed by atoms with Crippen molar-refractivity contribution in [1.82, 2.24) is 15.3 Å². The molecule has 6 heteroatoms. The first-order chi connectivity index (χ1) is 13.6. The number of carbonyl (C=O) groups is 1. The van der Waals surface area contributed by atoms with Crippen LogP contribution >= 0.6 is 0 Å². The number of carboxylic acids is 1. The molecule has 150 valence electrons. The van der Waals surface area contributed by atoms with Crippen LogP contribution in [-0.4, -0.2) is 34.1 Å². The number of aryl methyl sites for hydroxylation is 2. The number of aromatic nitrogens is 2. The smallest absolute Gasteiger partial charge is 0.358 e. The number of benzene rings is 1. The van der Waals surface area contributed by atoms with Crippen molar-refractivity contribution in [3.05, 3.63) is 53.1 Å². The first kappa shape index (κ1) is 20.3. The van der Waals surface area contributed by atoms with Gasteiger partial charge in [-0.2, -0.15) is 0 Å². The van der Waals surface area contributed by atoms with Crippen LogP contribution < -0.4 is 10.1 Å². The molecule has 2 heterocycles. The molecule has 3 rings (SSSR count). The van der Waals surface area contributed by atoms with Gasteiger partial charge in [-0.25, -0.2) is 14.8 Å². The molecule has 0 bridgehead atoms. The van der Waals surface area contributed by atoms with Crippen LogP contribution in [0, 0.1) is 12.8 Å². The van der Waals surface area contributed by atoms with E-state index in [2.05, 4.69) is 15.3 Å². The third-order valence-corrected chi connectivity index (χ3v) is 5.23. The molecular weight excluding hydrogens is 354 g/mol. The van der Waals surface area contributed by atoms with Crippen LogP contribution in [0.2, 0.25) is 0 Å². The van der Waals surface area contributed by atoms with E-state index < -0.39 is 5.97 Å². The highest BCUT2D eigenvalue weighted by atomic mass is 16.5. The molecule has 0 radical (unpaired) electrons. The van der Waals surface area contributed by atoms with Gasteiger partial charge >= 0.3 is 5.97 Å². The third-order valence-electron chi connectivity index (χ3n) is 5.23. The number of hydrogen-bond acceptors (Lipinski definition) is 5. The number of piperidine rings is 1. The van der Waals surface area contributed by atoms with Crippen molar-refractivity contribution >= 4 is 5.97 Å². The lowest BCUT2D eigenvalue weighted by molar-refractivity contribution is 0.0683. The third kappa shape index (κ3) is 5.76. The quantitative estimate of drug-likeness (QED) is 0.641. The molecule has 2 N–H and O–H groups in total. The topological polar surface area (TPSA) is 84.3 Å². The normalized spacial score (nSPS) is 14.8. The van der Waals surface area contributed by atoms with E-state index in [0.29, 0.717) is 24.5 Å². The number of hydrogen-bond donors (Lipinski definition) is 2. The van der Waals surface area contributed by atoms with E-state index in [1.807, 2.05) is 30.3 Å². The van der Waals surface area contributed by atoms with Crippen LogP contribution in [0.25, 0.3) is 0 Å². The van der Waals surface area contributed by atoms with Gasteiger partial charge in [0, 0.05) is 6.42 Å². The molecule has 28 heavy (non-hydrogen) atoms. The summed E-state index contributed by atoms with van der Waals surface area (Å²) in [5.74, 6) is 0.582. The van der Waals surface area contributed by atoms with Crippen molar-refractivity contribution in [3.8, 4) is 5.75 Å². The first-order valence-electron chi connectivity index (χ1n) is 10.1. The van der Waals surface area contributed by atoms with Crippen molar-refractivity contribution in [1.29, 1.82) is 0 Å². The molecule has 1 aromatic carbocycles. The van der Waals surface area contributed by atoms with Crippen molar-refractivity contribution in [3.63, 3.8) is 0 Å². The highest BCUT2D eigenvalue weighted by Gasteiger charge is 2.19. The van der Waals surface area contributed by atoms with Gasteiger partial charge in [-0.05, 0) is 50.8 Å². The van der Waals surface area contributed by atoms with Gasteiger partial charge < -0.3 is 15.2 Å². The molecule has 0 unspecified atom stereocenters. The molecular formula is C22H29N3O3. The van der Waals surface area contributed by atoms with E-state index >= 15 is 0 Å². The number of ether oxygens (including phenoxy) is 1. The molecule has 0 aliphatic carbocycles. The predicted molar refractivity (Wildman–Crippen MR) is 108 cm³/mol. The zero-order valence-electron chi connectivity index (χ0n) is 16.5. The molecule has 1 saturated heterocycles. The molecule has 2 aromatic rings. The molecule has 1 aliphatic rings. The Morgan fingerprint density at radius 3 is 2.64 bits per heavy atom. The van der Waals surface area contributed by atoms with Gasteiger partial charge in [0.05, 0.1) is 5.69 Å². The van der Waals surface area contributed by atoms with Crippen LogP contribution in [0.1, 0.15) is 59.7 Å². The summed E-state index contributed by atoms with van der Waals surface area (Å²) in [7, 11) is 0. The van der Waals surface area contributed by atoms with Crippen LogP contribution in [-0.2, 0) is 13.0 Å². The second-order valence-electron chi connectivity index (χ2n) is 7.42. The van der Waals surface area contributed by atoms with Gasteiger partial charge in [0.15, 0.2) is 11.4 Å². The van der Waals surface area contributed by atoms with E-state index in [9.17, 15) is 9.90 Å². The monoisotopic (exact) mass is 383 g/mol. The Morgan fingerprint density at radius 2 is 1.93 bits per heavy atom. The van der Waals surface area contributed by atoms with Gasteiger partial charge in [-0.1, -0.05) is 43.2 Å². The van der Waals surface area contributed by atoms with E-state index in [4.69, 9.17) is 4.74 Å². The summed E-state index contributed by atoms with van der Waals surface area (Å²) < 4.78 is 5.76. The Morgan fingerprint density at radius 1 is 1.18 bits per heavy atom. The summed E-state index contributed by atoms with van der Waals surface area (Å²) in [6, 6.07) is 9.65. The molecule has 0 spiro atoms. The molecule has 1 aromatic heterocycles. The highest BCUT2D eigenvalue weighted by molar-refractivity contribution is 5.88. The number of nitrogens with one attached hydrogen (secondary N) is 1. The number of rotatable bonds is 9. The minimum atomic E-state index is -1.08. The van der Waals surface area contributed by atoms with Crippen molar-refractivity contribution < 1.29 is 14.6 Å². The van der Waals surface area contributed by atoms with Gasteiger partial charge in [0.1, 0.15) is 12.4 Å². The van der Waals surface area contributed by atoms with Crippen molar-refractivity contribution in [2.45, 2.75) is 52.1 Å². The Labute approximate surface area is 166 Å². The summed E-state index contributed by atoms with van der Waals surface area (Å²) in [6.45, 7) is 4.33. The fourth-order valence-corrected chi connectivity index (χ4v) is 3.67. The summed E-state index contributed by atoms with van der Waals surface area (Å²) in [5.41, 5.74) is 1.51. The average Bonchev–Trinajstić information content (AvgIpc) is 2.71. The van der Waals surface area contributed by atoms with Gasteiger partial charge in [-0.3, -0.25) is 0 Å². The fraction of sp³-hybridized carbons (Fsp3) is 0.500. The van der Waals surface area contributed by atoms with E-state index in [1.165, 1.54) is 19.3 Å². The predicted octanol–water partition coefficient (Wildman–Crippen LogP) is 3.77. The summed E-state index contributed by atoms with van der Waals surface area (Å²) in [6.07, 6.45) is 6.54. The maximum atomic E-state index is 11.7. The number of aromatic carboxylic acids is 1. The van der Waals surface area contributed by atoms with Crippen molar-refractivity contribution in [2.24, 2.45) is 5.92 Å². The number of nitrogens with zero attached hydrogens (tertiary/aromatic N) is 2. The lowest BCUT2D eigenvalue weighted by atomic mass is 9.92. The molecule has 0 saturated carbocycles. The maximum Gasteiger partial charge on any atom is 0.358 e. The van der Waals surface area contributed by atoms with Crippen LogP contribution in [0.3, 0.4) is 0 Å². The number of unbranched alkanes of at least 4 members (excludes halogenated alkanes) is 1. The lowest BCUT2D eigenvalue weighted by Crippen LogP contribution is -2.27. The average molecular weight is 383 g/mol. The van der Waals surface area contributed by atoms with E-state index in [0.717, 1.165) is 37.4 Å². The Bertz CT molecular complexity index is 774. The zero-order valence-corrected chi connectivity index (χ0v) is 16.5. The minimum absolute atomic E-state index is 0.0446. The second kappa shape index (κ2) is 10.2. The summed E-state index contributed by atoms with van der Waals surface area (Å²) in [5, 5.41) is 13.0. The Hall–Kier alpha value is -2.47. The van der Waals surface area contributed by atoms with Crippen LogP contribution in [0.15, 0.2) is 30.3 Å². The largest absolute Gasteiger partial charge is 0.484 e. The van der Waals surface area contributed by atoms with E-state index in [1.54, 1.807) is 6.92 Å². The van der Waals surface area contributed by atoms with Gasteiger partial charge in [0.25, 0.3) is 0 Å². The SMILES string of the molecule is Cc1nc(CCCCC2CCNCC2)nc(C(=O)O)c1OCc1ccccc1. The summed E-state index contributed by atoms with van der Waals surface area (Å²) >= 11 is 0. The van der Waals surface area contributed by atoms with Crippen molar-refractivity contribution in [2.75, 3.05) is 13.1 Å². The molecule has 6 nitrogen and oxygen atoms in total. The van der Waals surface area contributed by atoms with Crippen LogP contribution in [0.5, 0.6) is 5.75 Å². The van der Waals surface area contributed by atoms with Crippen LogP contribution in [0.4, 0.5) is 0 Å². The summed E-state index contributed by atoms with van der Waals surface area (Å²) in [4.78, 5) is 20.5. The lowest BCUT2D eigenvalue weighted by Gasteiger charge is -2.22. The van der Waals surface area contributed by atoms with Gasteiger partial charge in [-0.15, -0.1) is 0 Å². The van der Waals surface area contributed by atoms with Gasteiger partial charge in [0.2, 0.25) is 0 Å². The Kier molecular flexibility index (Phi) is 7.37. The molecule has 0 atom stereocenters. The first-order valence-corrected chi connectivity index (χ1v) is 10.1. The molecule has 0 amide bonds. The fourth-order valence-electron chi connectivity index (χ4n) is 3.67. The highest BCUT2D eigenvalue weighted by Crippen LogP contribution is 2.23. The zero-order chi connectivity index (χ0) is 19.8. The second-order valence-corrected chi connectivity index (χ2v) is 7.42. The van der Waals surface area contributed by atoms with E-state index in [-0.39, 0.29) is 11.4 Å². The number of carboxylic acid groups (broad SMARTS) is 1. The standard InChI is InChI=1S/C22H29N3O3/c1-16-21(28-15-18-8-3-2-4-9-18)20(22(26)27)25-19(24-16)10-6-5-7-17-11-13-23-14-12-17/h2-4,8-9,17,23H,5-7,10-15H2,1H3,(H,26,27). The maximum absolute atomic E-state index is 11.7. The Balaban J connectivity index is 1.59. The molecule has 1 aliphatic heterocycles.